The molecule has 2 aliphatic heterocycles. The van der Waals surface area contributed by atoms with E-state index in [0.29, 0.717) is 36.6 Å². The van der Waals surface area contributed by atoms with E-state index in [2.05, 4.69) is 24.5 Å². The van der Waals surface area contributed by atoms with Gasteiger partial charge in [0, 0.05) is 23.9 Å². The number of nitrogens with one attached hydrogen (secondary N) is 2. The van der Waals surface area contributed by atoms with E-state index in [0.717, 1.165) is 16.9 Å². The van der Waals surface area contributed by atoms with Gasteiger partial charge in [-0.25, -0.2) is 0 Å². The minimum absolute atomic E-state index is 0.00359. The van der Waals surface area contributed by atoms with Crippen LogP contribution < -0.4 is 16.0 Å². The summed E-state index contributed by atoms with van der Waals surface area (Å²) in [5, 5.41) is 10.0. The first-order valence-electron chi connectivity index (χ1n) is 11.3. The van der Waals surface area contributed by atoms with Gasteiger partial charge in [-0.05, 0) is 47.9 Å². The molecule has 0 saturated carbocycles. The molecular weight excluding hydrogens is 424 g/mol. The number of thiophene rings is 1. The van der Waals surface area contributed by atoms with Crippen LogP contribution in [-0.2, 0) is 9.59 Å². The molecule has 3 atom stereocenters. The zero-order valence-corrected chi connectivity index (χ0v) is 19.6. The fourth-order valence-corrected chi connectivity index (χ4v) is 5.32. The van der Waals surface area contributed by atoms with Crippen LogP contribution in [0.25, 0.3) is 10.4 Å². The van der Waals surface area contributed by atoms with Crippen molar-refractivity contribution in [2.24, 2.45) is 5.92 Å². The normalized spacial score (nSPS) is 21.4. The Morgan fingerprint density at radius 1 is 1.31 bits per heavy atom. The number of hydrogen-bond acceptors (Lipinski definition) is 4. The summed E-state index contributed by atoms with van der Waals surface area (Å²) in [5.74, 6) is 0.0994. The first kappa shape index (κ1) is 22.5. The van der Waals surface area contributed by atoms with Crippen LogP contribution in [-0.4, -0.2) is 54.3 Å². The van der Waals surface area contributed by atoms with Crippen LogP contribution >= 0.6 is 11.3 Å². The minimum Gasteiger partial charge on any atom is -0.348 e. The van der Waals surface area contributed by atoms with E-state index < -0.39 is 6.04 Å². The van der Waals surface area contributed by atoms with Gasteiger partial charge in [0.05, 0.1) is 18.3 Å². The van der Waals surface area contributed by atoms with Crippen LogP contribution in [0.1, 0.15) is 43.5 Å². The molecule has 1 fully saturated rings. The number of carbonyl (C=O) groups excluding carboxylic acids is 3. The average Bonchev–Trinajstić information content (AvgIpc) is 3.29. The summed E-state index contributed by atoms with van der Waals surface area (Å²) in [6, 6.07) is 8.75. The molecule has 0 radical (unpaired) electrons. The van der Waals surface area contributed by atoms with E-state index in [-0.39, 0.29) is 29.8 Å². The number of fused-ring (bicyclic) bond motifs is 2. The maximum absolute atomic E-state index is 13.4. The molecule has 32 heavy (non-hydrogen) atoms. The smallest absolute Gasteiger partial charge is 0.278 e. The number of carbonyl (C=O) groups is 3. The summed E-state index contributed by atoms with van der Waals surface area (Å²) in [7, 11) is 1.91. The van der Waals surface area contributed by atoms with Crippen LogP contribution in [0.4, 0.5) is 5.69 Å². The van der Waals surface area contributed by atoms with E-state index >= 15 is 0 Å². The van der Waals surface area contributed by atoms with Crippen molar-refractivity contribution in [2.45, 2.75) is 51.2 Å². The lowest BCUT2D eigenvalue weighted by molar-refractivity contribution is -0.651. The first-order chi connectivity index (χ1) is 15.4. The Labute approximate surface area is 192 Å². The van der Waals surface area contributed by atoms with E-state index in [1.54, 1.807) is 16.2 Å². The summed E-state index contributed by atoms with van der Waals surface area (Å²) in [6.07, 6.45) is 1.86. The molecule has 7 nitrogen and oxygen atoms in total. The third-order valence-electron chi connectivity index (χ3n) is 6.29. The van der Waals surface area contributed by atoms with E-state index in [9.17, 15) is 14.4 Å². The summed E-state index contributed by atoms with van der Waals surface area (Å²) in [6.45, 7) is 4.64. The largest absolute Gasteiger partial charge is 0.348 e. The van der Waals surface area contributed by atoms with Gasteiger partial charge in [0.2, 0.25) is 5.91 Å². The van der Waals surface area contributed by atoms with Gasteiger partial charge in [0.15, 0.2) is 6.04 Å². The van der Waals surface area contributed by atoms with Crippen molar-refractivity contribution in [3.05, 3.63) is 41.3 Å². The number of rotatable bonds is 6. The van der Waals surface area contributed by atoms with Crippen LogP contribution in [0.5, 0.6) is 0 Å². The summed E-state index contributed by atoms with van der Waals surface area (Å²) < 4.78 is 0. The lowest BCUT2D eigenvalue weighted by atomic mass is 9.95. The molecule has 3 heterocycles. The number of piperidine rings is 1. The highest BCUT2D eigenvalue weighted by molar-refractivity contribution is 7.13. The van der Waals surface area contributed by atoms with Crippen LogP contribution in [0.3, 0.4) is 0 Å². The van der Waals surface area contributed by atoms with Gasteiger partial charge < -0.3 is 20.9 Å². The molecule has 1 aromatic heterocycles. The highest BCUT2D eigenvalue weighted by Gasteiger charge is 2.40. The second-order valence-corrected chi connectivity index (χ2v) is 9.99. The molecule has 0 spiro atoms. The van der Waals surface area contributed by atoms with Gasteiger partial charge >= 0.3 is 0 Å². The van der Waals surface area contributed by atoms with E-state index in [1.807, 2.05) is 48.1 Å². The highest BCUT2D eigenvalue weighted by atomic mass is 32.1. The molecule has 4 rings (SSSR count). The van der Waals surface area contributed by atoms with Crippen molar-refractivity contribution in [1.82, 2.24) is 10.2 Å². The van der Waals surface area contributed by atoms with Crippen molar-refractivity contribution in [3.63, 3.8) is 0 Å². The number of amides is 3. The van der Waals surface area contributed by atoms with Crippen LogP contribution in [0, 0.1) is 5.92 Å². The molecule has 0 bridgehead atoms. The predicted octanol–water partition coefficient (Wildman–Crippen LogP) is 2.06. The predicted molar refractivity (Wildman–Crippen MR) is 125 cm³/mol. The molecule has 0 aliphatic carbocycles. The number of nitrogens with two attached hydrogens (primary N) is 1. The fraction of sp³-hybridized carbons (Fsp3) is 0.458. The molecule has 0 unspecified atom stereocenters. The van der Waals surface area contributed by atoms with Gasteiger partial charge in [-0.3, -0.25) is 14.4 Å². The zero-order chi connectivity index (χ0) is 22.8. The zero-order valence-electron chi connectivity index (χ0n) is 18.8. The van der Waals surface area contributed by atoms with Crippen molar-refractivity contribution >= 4 is 34.7 Å². The molecule has 170 valence electrons. The first-order valence-corrected chi connectivity index (χ1v) is 12.1. The SMILES string of the molecule is C[NH2+][C@@H](CC(C)C)C(=O)N[C@H]1CCN2C(=O)c3cc(-c4cccs4)ccc3NC(=O)[C@@H]2C1. The summed E-state index contributed by atoms with van der Waals surface area (Å²) in [5.41, 5.74) is 2.04. The number of anilines is 1. The Kier molecular flexibility index (Phi) is 6.62. The van der Waals surface area contributed by atoms with Gasteiger partial charge in [0.25, 0.3) is 11.8 Å². The van der Waals surface area contributed by atoms with Crippen molar-refractivity contribution in [2.75, 3.05) is 18.9 Å². The molecule has 2 aromatic rings. The third kappa shape index (κ3) is 4.56. The summed E-state index contributed by atoms with van der Waals surface area (Å²) >= 11 is 1.61. The maximum atomic E-state index is 13.4. The average molecular weight is 456 g/mol. The van der Waals surface area contributed by atoms with Crippen molar-refractivity contribution in [1.29, 1.82) is 0 Å². The topological polar surface area (TPSA) is 95.1 Å². The standard InChI is InChI=1S/C24H30N4O3S/c1-14(2)11-19(25-3)22(29)26-16-8-9-28-20(13-16)23(30)27-18-7-6-15(12-17(18)24(28)31)21-5-4-10-32-21/h4-7,10,12,14,16,19-20,25H,8-9,11,13H2,1-3H3,(H,26,29)(H,27,30)/p+1/t16-,19-,20-/m0/s1. The maximum Gasteiger partial charge on any atom is 0.278 e. The van der Waals surface area contributed by atoms with Crippen LogP contribution in [0.15, 0.2) is 35.7 Å². The van der Waals surface area contributed by atoms with Gasteiger partial charge in [-0.1, -0.05) is 26.0 Å². The lowest BCUT2D eigenvalue weighted by Crippen LogP contribution is -2.89. The van der Waals surface area contributed by atoms with Gasteiger partial charge in [-0.15, -0.1) is 11.3 Å². The van der Waals surface area contributed by atoms with Gasteiger partial charge in [-0.2, -0.15) is 0 Å². The Bertz CT molecular complexity index is 1000. The highest BCUT2D eigenvalue weighted by Crippen LogP contribution is 2.33. The fourth-order valence-electron chi connectivity index (χ4n) is 4.60. The summed E-state index contributed by atoms with van der Waals surface area (Å²) in [4.78, 5) is 41.9. The number of nitrogens with zero attached hydrogens (tertiary/aromatic N) is 1. The third-order valence-corrected chi connectivity index (χ3v) is 7.21. The second-order valence-electron chi connectivity index (χ2n) is 9.04. The van der Waals surface area contributed by atoms with E-state index in [1.165, 1.54) is 0 Å². The van der Waals surface area contributed by atoms with E-state index in [4.69, 9.17) is 0 Å². The van der Waals surface area contributed by atoms with Crippen LogP contribution in [0.2, 0.25) is 0 Å². The number of quaternary nitrogens is 1. The molecule has 3 amide bonds. The number of likely N-dealkylation sites (N-methyl/N-ethyl adjacent to an activating group) is 1. The quantitative estimate of drug-likeness (QED) is 0.622. The molecule has 8 heteroatoms. The molecule has 1 saturated heterocycles. The molecular formula is C24H31N4O3S+. The van der Waals surface area contributed by atoms with Crippen molar-refractivity contribution in [3.8, 4) is 10.4 Å². The Hall–Kier alpha value is -2.71. The molecule has 4 N–H and O–H groups in total. The minimum atomic E-state index is -0.590. The second kappa shape index (κ2) is 9.42. The Morgan fingerprint density at radius 2 is 2.12 bits per heavy atom. The molecule has 1 aromatic carbocycles. The Morgan fingerprint density at radius 3 is 2.81 bits per heavy atom. The number of hydrogen-bond donors (Lipinski definition) is 3. The monoisotopic (exact) mass is 455 g/mol. The number of benzene rings is 1. The van der Waals surface area contributed by atoms with Crippen molar-refractivity contribution < 1.29 is 19.7 Å². The van der Waals surface area contributed by atoms with Gasteiger partial charge in [0.1, 0.15) is 6.04 Å². The molecule has 2 aliphatic rings. The Balaban J connectivity index is 1.50. The lowest BCUT2D eigenvalue weighted by Gasteiger charge is -2.37.